The second-order valence-corrected chi connectivity index (χ2v) is 5.22. The van der Waals surface area contributed by atoms with Crippen molar-refractivity contribution in [3.63, 3.8) is 0 Å². The molecule has 17 heavy (non-hydrogen) atoms. The molecule has 1 aromatic carbocycles. The lowest BCUT2D eigenvalue weighted by Crippen LogP contribution is -2.24. The minimum atomic E-state index is -0.427. The van der Waals surface area contributed by atoms with Crippen molar-refractivity contribution in [2.75, 3.05) is 18.0 Å². The Labute approximate surface area is 113 Å². The molecule has 0 aromatic heterocycles. The largest absolute Gasteiger partial charge is 0.389 e. The number of benzene rings is 1. The van der Waals surface area contributed by atoms with Gasteiger partial charge in [0.15, 0.2) is 0 Å². The Kier molecular flexibility index (Phi) is 6.00. The molecule has 0 saturated carbocycles. The lowest BCUT2D eigenvalue weighted by atomic mass is 10.1. The van der Waals surface area contributed by atoms with Gasteiger partial charge in [0, 0.05) is 23.2 Å². The van der Waals surface area contributed by atoms with Gasteiger partial charge in [-0.05, 0) is 37.5 Å². The fourth-order valence-electron chi connectivity index (χ4n) is 1.96. The van der Waals surface area contributed by atoms with E-state index in [1.165, 1.54) is 5.69 Å². The monoisotopic (exact) mass is 299 g/mol. The van der Waals surface area contributed by atoms with E-state index >= 15 is 0 Å². The van der Waals surface area contributed by atoms with E-state index in [-0.39, 0.29) is 0 Å². The van der Waals surface area contributed by atoms with E-state index in [1.807, 2.05) is 6.07 Å². The van der Waals surface area contributed by atoms with E-state index < -0.39 is 6.10 Å². The highest BCUT2D eigenvalue weighted by Crippen LogP contribution is 2.28. The maximum atomic E-state index is 9.60. The second kappa shape index (κ2) is 7.02. The Morgan fingerprint density at radius 1 is 1.24 bits per heavy atom. The zero-order valence-corrected chi connectivity index (χ0v) is 12.5. The van der Waals surface area contributed by atoms with Crippen molar-refractivity contribution in [2.45, 2.75) is 39.7 Å². The van der Waals surface area contributed by atoms with Crippen molar-refractivity contribution >= 4 is 21.6 Å². The second-order valence-electron chi connectivity index (χ2n) is 4.37. The molecule has 1 aromatic rings. The molecule has 1 N–H and O–H groups in total. The van der Waals surface area contributed by atoms with Crippen LogP contribution >= 0.6 is 15.9 Å². The lowest BCUT2D eigenvalue weighted by Gasteiger charge is -2.24. The number of aliphatic hydroxyl groups excluding tert-OH is 1. The normalized spacial score (nSPS) is 12.5. The molecule has 0 heterocycles. The highest BCUT2D eigenvalue weighted by Gasteiger charge is 2.10. The molecule has 0 spiro atoms. The van der Waals surface area contributed by atoms with Crippen molar-refractivity contribution in [3.05, 3.63) is 28.2 Å². The number of hydrogen-bond acceptors (Lipinski definition) is 2. The fraction of sp³-hybridized carbons (Fsp3) is 0.571. The van der Waals surface area contributed by atoms with Gasteiger partial charge in [-0.1, -0.05) is 35.8 Å². The van der Waals surface area contributed by atoms with Gasteiger partial charge in [-0.2, -0.15) is 0 Å². The van der Waals surface area contributed by atoms with Crippen LogP contribution in [0.1, 0.15) is 45.3 Å². The Bertz CT molecular complexity index is 346. The van der Waals surface area contributed by atoms with E-state index in [9.17, 15) is 5.11 Å². The molecule has 1 atom stereocenters. The summed E-state index contributed by atoms with van der Waals surface area (Å²) >= 11 is 3.53. The van der Waals surface area contributed by atoms with Gasteiger partial charge in [-0.3, -0.25) is 0 Å². The molecule has 0 unspecified atom stereocenters. The zero-order chi connectivity index (χ0) is 12.8. The van der Waals surface area contributed by atoms with Crippen LogP contribution < -0.4 is 4.90 Å². The molecule has 0 bridgehead atoms. The zero-order valence-electron chi connectivity index (χ0n) is 10.9. The van der Waals surface area contributed by atoms with Gasteiger partial charge in [-0.25, -0.2) is 0 Å². The third-order valence-corrected chi connectivity index (χ3v) is 3.47. The average molecular weight is 300 g/mol. The van der Waals surface area contributed by atoms with Crippen LogP contribution in [-0.4, -0.2) is 18.2 Å². The van der Waals surface area contributed by atoms with Crippen molar-refractivity contribution < 1.29 is 5.11 Å². The van der Waals surface area contributed by atoms with E-state index in [0.29, 0.717) is 0 Å². The first-order chi connectivity index (χ1) is 8.10. The quantitative estimate of drug-likeness (QED) is 0.854. The smallest absolute Gasteiger partial charge is 0.0772 e. The molecule has 0 aliphatic rings. The fourth-order valence-corrected chi connectivity index (χ4v) is 2.66. The first-order valence-corrected chi connectivity index (χ1v) is 7.11. The number of halogens is 1. The van der Waals surface area contributed by atoms with Crippen LogP contribution in [0.5, 0.6) is 0 Å². The number of nitrogens with zero attached hydrogens (tertiary/aromatic N) is 1. The molecule has 0 radical (unpaired) electrons. The van der Waals surface area contributed by atoms with E-state index in [4.69, 9.17) is 0 Å². The summed E-state index contributed by atoms with van der Waals surface area (Å²) in [6.07, 6.45) is 1.87. The van der Waals surface area contributed by atoms with Gasteiger partial charge in [0.2, 0.25) is 0 Å². The Morgan fingerprint density at radius 2 is 1.82 bits per heavy atom. The molecule has 0 fully saturated rings. The maximum absolute atomic E-state index is 9.60. The summed E-state index contributed by atoms with van der Waals surface area (Å²) in [5, 5.41) is 9.60. The van der Waals surface area contributed by atoms with Crippen molar-refractivity contribution in [1.82, 2.24) is 0 Å². The highest BCUT2D eigenvalue weighted by molar-refractivity contribution is 9.10. The van der Waals surface area contributed by atoms with Crippen LogP contribution in [0.2, 0.25) is 0 Å². The topological polar surface area (TPSA) is 23.5 Å². The molecular formula is C14H22BrNO. The molecule has 0 saturated heterocycles. The SMILES string of the molecule is CCCN(CCC)c1ccc([C@@H](C)O)c(Br)c1. The Balaban J connectivity index is 2.93. The number of hydrogen-bond donors (Lipinski definition) is 1. The van der Waals surface area contributed by atoms with Crippen LogP contribution in [0.3, 0.4) is 0 Å². The first-order valence-electron chi connectivity index (χ1n) is 6.32. The predicted molar refractivity (Wildman–Crippen MR) is 77.6 cm³/mol. The van der Waals surface area contributed by atoms with Gasteiger partial charge in [0.05, 0.1) is 6.10 Å². The summed E-state index contributed by atoms with van der Waals surface area (Å²) in [7, 11) is 0. The number of aliphatic hydroxyl groups is 1. The minimum Gasteiger partial charge on any atom is -0.389 e. The van der Waals surface area contributed by atoms with Crippen LogP contribution in [0, 0.1) is 0 Å². The van der Waals surface area contributed by atoms with Crippen LogP contribution in [-0.2, 0) is 0 Å². The van der Waals surface area contributed by atoms with Gasteiger partial charge in [-0.15, -0.1) is 0 Å². The average Bonchev–Trinajstić information content (AvgIpc) is 2.28. The molecule has 0 aliphatic carbocycles. The Hall–Kier alpha value is -0.540. The summed E-state index contributed by atoms with van der Waals surface area (Å²) in [5.41, 5.74) is 2.17. The van der Waals surface area contributed by atoms with E-state index in [1.54, 1.807) is 6.92 Å². The van der Waals surface area contributed by atoms with Crippen molar-refractivity contribution in [2.24, 2.45) is 0 Å². The predicted octanol–water partition coefficient (Wildman–Crippen LogP) is 4.13. The summed E-state index contributed by atoms with van der Waals surface area (Å²) < 4.78 is 0.988. The molecular weight excluding hydrogens is 278 g/mol. The summed E-state index contributed by atoms with van der Waals surface area (Å²) in [6.45, 7) is 8.34. The number of rotatable bonds is 6. The van der Waals surface area contributed by atoms with Crippen LogP contribution in [0.4, 0.5) is 5.69 Å². The van der Waals surface area contributed by atoms with Crippen LogP contribution in [0.15, 0.2) is 22.7 Å². The van der Waals surface area contributed by atoms with Gasteiger partial charge >= 0.3 is 0 Å². The summed E-state index contributed by atoms with van der Waals surface area (Å²) in [4.78, 5) is 2.39. The molecule has 0 amide bonds. The molecule has 0 aliphatic heterocycles. The molecule has 96 valence electrons. The van der Waals surface area contributed by atoms with Gasteiger partial charge in [0.1, 0.15) is 0 Å². The van der Waals surface area contributed by atoms with E-state index in [2.05, 4.69) is 46.8 Å². The standard InChI is InChI=1S/C14H22BrNO/c1-4-8-16(9-5-2)12-6-7-13(11(3)17)14(15)10-12/h6-7,10-11,17H,4-5,8-9H2,1-3H3/t11-/m1/s1. The summed E-state index contributed by atoms with van der Waals surface area (Å²) in [5.74, 6) is 0. The van der Waals surface area contributed by atoms with Crippen molar-refractivity contribution in [3.8, 4) is 0 Å². The first kappa shape index (κ1) is 14.5. The summed E-state index contributed by atoms with van der Waals surface area (Å²) in [6, 6.07) is 6.20. The molecule has 1 rings (SSSR count). The minimum absolute atomic E-state index is 0.427. The van der Waals surface area contributed by atoms with Crippen molar-refractivity contribution in [1.29, 1.82) is 0 Å². The van der Waals surface area contributed by atoms with Gasteiger partial charge in [0.25, 0.3) is 0 Å². The third kappa shape index (κ3) is 4.00. The van der Waals surface area contributed by atoms with Crippen LogP contribution in [0.25, 0.3) is 0 Å². The lowest BCUT2D eigenvalue weighted by molar-refractivity contribution is 0.198. The molecule has 3 heteroatoms. The third-order valence-electron chi connectivity index (χ3n) is 2.79. The van der Waals surface area contributed by atoms with Gasteiger partial charge < -0.3 is 10.0 Å². The maximum Gasteiger partial charge on any atom is 0.0772 e. The Morgan fingerprint density at radius 3 is 2.24 bits per heavy atom. The highest BCUT2D eigenvalue weighted by atomic mass is 79.9. The molecule has 2 nitrogen and oxygen atoms in total. The number of anilines is 1. The van der Waals surface area contributed by atoms with E-state index in [0.717, 1.165) is 36.0 Å².